The third kappa shape index (κ3) is 4.15. The van der Waals surface area contributed by atoms with Crippen LogP contribution in [0.2, 0.25) is 0 Å². The van der Waals surface area contributed by atoms with Crippen molar-refractivity contribution in [1.82, 2.24) is 0 Å². The molecule has 0 spiro atoms. The highest BCUT2D eigenvalue weighted by atomic mass is 16.6. The molecule has 1 aliphatic rings. The van der Waals surface area contributed by atoms with Gasteiger partial charge in [0, 0.05) is 13.8 Å². The molecule has 0 aromatic rings. The second-order valence-electron chi connectivity index (χ2n) is 3.97. The van der Waals surface area contributed by atoms with Gasteiger partial charge in [0.1, 0.15) is 13.2 Å². The van der Waals surface area contributed by atoms with E-state index in [2.05, 4.69) is 4.74 Å². The van der Waals surface area contributed by atoms with Crippen LogP contribution in [-0.4, -0.2) is 37.1 Å². The Morgan fingerprint density at radius 2 is 1.44 bits per heavy atom. The third-order valence-electron chi connectivity index (χ3n) is 2.41. The number of rotatable bonds is 4. The van der Waals surface area contributed by atoms with Crippen LogP contribution in [-0.2, 0) is 33.4 Å². The molecule has 1 rings (SSSR count). The number of cyclic esters (lactones) is 2. The molecule has 0 amide bonds. The van der Waals surface area contributed by atoms with Crippen LogP contribution in [0.25, 0.3) is 0 Å². The molecule has 1 heterocycles. The van der Waals surface area contributed by atoms with E-state index in [0.717, 1.165) is 0 Å². The molecule has 18 heavy (non-hydrogen) atoms. The van der Waals surface area contributed by atoms with E-state index in [4.69, 9.17) is 9.47 Å². The molecule has 1 fully saturated rings. The summed E-state index contributed by atoms with van der Waals surface area (Å²) in [6.07, 6.45) is 0.137. The average Bonchev–Trinajstić information content (AvgIpc) is 2.26. The van der Waals surface area contributed by atoms with Gasteiger partial charge < -0.3 is 14.2 Å². The first kappa shape index (κ1) is 14.1. The first-order valence-corrected chi connectivity index (χ1v) is 5.42. The second-order valence-corrected chi connectivity index (χ2v) is 3.97. The van der Waals surface area contributed by atoms with Crippen molar-refractivity contribution >= 4 is 23.9 Å². The van der Waals surface area contributed by atoms with Crippen LogP contribution in [0.5, 0.6) is 0 Å². The fourth-order valence-electron chi connectivity index (χ4n) is 1.51. The summed E-state index contributed by atoms with van der Waals surface area (Å²) in [7, 11) is 0. The maximum atomic E-state index is 11.4. The van der Waals surface area contributed by atoms with Gasteiger partial charge in [0.2, 0.25) is 0 Å². The molecule has 1 saturated heterocycles. The first-order chi connectivity index (χ1) is 8.40. The Hall–Kier alpha value is -1.92. The Balaban J connectivity index is 2.54. The van der Waals surface area contributed by atoms with E-state index in [0.29, 0.717) is 0 Å². The maximum absolute atomic E-state index is 11.4. The lowest BCUT2D eigenvalue weighted by molar-refractivity contribution is -0.176. The molecule has 0 bridgehead atoms. The number of ether oxygens (including phenoxy) is 3. The van der Waals surface area contributed by atoms with E-state index in [1.165, 1.54) is 13.8 Å². The molecule has 7 heteroatoms. The largest absolute Gasteiger partial charge is 0.465 e. The lowest BCUT2D eigenvalue weighted by atomic mass is 9.93. The lowest BCUT2D eigenvalue weighted by Crippen LogP contribution is -2.39. The Labute approximate surface area is 103 Å². The number of carbonyl (C=O) groups excluding carboxylic acids is 4. The van der Waals surface area contributed by atoms with Crippen molar-refractivity contribution in [3.63, 3.8) is 0 Å². The topological polar surface area (TPSA) is 96.0 Å². The number of hydrogen-bond donors (Lipinski definition) is 0. The third-order valence-corrected chi connectivity index (χ3v) is 2.41. The van der Waals surface area contributed by atoms with Crippen molar-refractivity contribution in [2.75, 3.05) is 13.2 Å². The molecule has 2 atom stereocenters. The summed E-state index contributed by atoms with van der Waals surface area (Å²) in [6.45, 7) is 2.15. The van der Waals surface area contributed by atoms with Crippen molar-refractivity contribution in [3.8, 4) is 0 Å². The quantitative estimate of drug-likeness (QED) is 0.392. The standard InChI is InChI=1S/C11H14O7/c1-6(12)16-4-8-3-9(5-17-7(2)13)11(15)18-10(8)14/h8-9H,3-5H2,1-2H3/t8-,9+. The van der Waals surface area contributed by atoms with Gasteiger partial charge in [-0.2, -0.15) is 0 Å². The highest BCUT2D eigenvalue weighted by molar-refractivity contribution is 5.91. The van der Waals surface area contributed by atoms with Gasteiger partial charge in [-0.15, -0.1) is 0 Å². The summed E-state index contributed by atoms with van der Waals surface area (Å²) in [5.74, 6) is -3.88. The minimum absolute atomic E-state index is 0.137. The van der Waals surface area contributed by atoms with Crippen LogP contribution in [0.15, 0.2) is 0 Å². The molecular formula is C11H14O7. The van der Waals surface area contributed by atoms with E-state index < -0.39 is 35.7 Å². The number of carbonyl (C=O) groups is 4. The predicted molar refractivity (Wildman–Crippen MR) is 56.0 cm³/mol. The lowest BCUT2D eigenvalue weighted by Gasteiger charge is -2.25. The highest BCUT2D eigenvalue weighted by Gasteiger charge is 2.38. The second kappa shape index (κ2) is 6.13. The molecule has 1 aliphatic heterocycles. The highest BCUT2D eigenvalue weighted by Crippen LogP contribution is 2.23. The van der Waals surface area contributed by atoms with E-state index in [-0.39, 0.29) is 19.6 Å². The van der Waals surface area contributed by atoms with Crippen molar-refractivity contribution in [3.05, 3.63) is 0 Å². The summed E-state index contributed by atoms with van der Waals surface area (Å²) in [4.78, 5) is 44.0. The summed E-state index contributed by atoms with van der Waals surface area (Å²) in [5, 5.41) is 0. The summed E-state index contributed by atoms with van der Waals surface area (Å²) in [6, 6.07) is 0. The Bertz CT molecular complexity index is 340. The fourth-order valence-corrected chi connectivity index (χ4v) is 1.51. The zero-order valence-electron chi connectivity index (χ0n) is 10.1. The SMILES string of the molecule is CC(=O)OC[C@@H]1C[C@H](COC(C)=O)C(=O)OC1=O. The molecule has 0 aromatic heterocycles. The minimum atomic E-state index is -0.722. The van der Waals surface area contributed by atoms with Crippen LogP contribution in [0, 0.1) is 11.8 Å². The van der Waals surface area contributed by atoms with Crippen LogP contribution >= 0.6 is 0 Å². The Morgan fingerprint density at radius 3 is 1.78 bits per heavy atom. The van der Waals surface area contributed by atoms with Gasteiger partial charge in [0.05, 0.1) is 11.8 Å². The first-order valence-electron chi connectivity index (χ1n) is 5.42. The molecule has 7 nitrogen and oxygen atoms in total. The normalized spacial score (nSPS) is 23.2. The molecule has 0 saturated carbocycles. The van der Waals surface area contributed by atoms with Gasteiger partial charge in [-0.25, -0.2) is 0 Å². The smallest absolute Gasteiger partial charge is 0.320 e. The van der Waals surface area contributed by atoms with Gasteiger partial charge in [-0.3, -0.25) is 19.2 Å². The summed E-state index contributed by atoms with van der Waals surface area (Å²) >= 11 is 0. The zero-order chi connectivity index (χ0) is 13.7. The van der Waals surface area contributed by atoms with Gasteiger partial charge in [0.25, 0.3) is 0 Å². The predicted octanol–water partition coefficient (Wildman–Crippen LogP) is -0.182. The van der Waals surface area contributed by atoms with E-state index in [1.54, 1.807) is 0 Å². The minimum Gasteiger partial charge on any atom is -0.465 e. The van der Waals surface area contributed by atoms with Crippen LogP contribution in [0.1, 0.15) is 20.3 Å². The van der Waals surface area contributed by atoms with Crippen molar-refractivity contribution in [1.29, 1.82) is 0 Å². The van der Waals surface area contributed by atoms with Crippen molar-refractivity contribution in [2.24, 2.45) is 11.8 Å². The average molecular weight is 258 g/mol. The van der Waals surface area contributed by atoms with Crippen LogP contribution in [0.3, 0.4) is 0 Å². The molecule has 0 radical (unpaired) electrons. The fraction of sp³-hybridized carbons (Fsp3) is 0.636. The van der Waals surface area contributed by atoms with Crippen molar-refractivity contribution < 1.29 is 33.4 Å². The van der Waals surface area contributed by atoms with Gasteiger partial charge in [-0.1, -0.05) is 0 Å². The maximum Gasteiger partial charge on any atom is 0.320 e. The molecule has 100 valence electrons. The van der Waals surface area contributed by atoms with Crippen LogP contribution < -0.4 is 0 Å². The van der Waals surface area contributed by atoms with E-state index in [9.17, 15) is 19.2 Å². The monoisotopic (exact) mass is 258 g/mol. The number of esters is 4. The van der Waals surface area contributed by atoms with Gasteiger partial charge in [-0.05, 0) is 6.42 Å². The number of hydrogen-bond acceptors (Lipinski definition) is 7. The van der Waals surface area contributed by atoms with Crippen molar-refractivity contribution in [2.45, 2.75) is 20.3 Å². The Kier molecular flexibility index (Phi) is 4.82. The molecule has 0 aliphatic carbocycles. The van der Waals surface area contributed by atoms with Gasteiger partial charge in [0.15, 0.2) is 0 Å². The van der Waals surface area contributed by atoms with E-state index >= 15 is 0 Å². The van der Waals surface area contributed by atoms with Crippen LogP contribution in [0.4, 0.5) is 0 Å². The Morgan fingerprint density at radius 1 is 1.06 bits per heavy atom. The molecule has 0 N–H and O–H groups in total. The molecular weight excluding hydrogens is 244 g/mol. The van der Waals surface area contributed by atoms with E-state index in [1.807, 2.05) is 0 Å². The zero-order valence-corrected chi connectivity index (χ0v) is 10.1. The molecule has 0 aromatic carbocycles. The summed E-state index contributed by atoms with van der Waals surface area (Å²) < 4.78 is 13.9. The summed E-state index contributed by atoms with van der Waals surface area (Å²) in [5.41, 5.74) is 0. The molecule has 0 unspecified atom stereocenters. The van der Waals surface area contributed by atoms with Gasteiger partial charge >= 0.3 is 23.9 Å².